The van der Waals surface area contributed by atoms with Crippen LogP contribution in [0.25, 0.3) is 0 Å². The predicted octanol–water partition coefficient (Wildman–Crippen LogP) is 2.54. The van der Waals surface area contributed by atoms with E-state index in [2.05, 4.69) is 18.8 Å². The Morgan fingerprint density at radius 2 is 1.95 bits per heavy atom. The van der Waals surface area contributed by atoms with Crippen molar-refractivity contribution >= 4 is 10.0 Å². The van der Waals surface area contributed by atoms with Gasteiger partial charge in [0.2, 0.25) is 10.0 Å². The fraction of sp³-hybridized carbons (Fsp3) is 0.600. The molecule has 0 aromatic carbocycles. The number of nitrogens with zero attached hydrogens (tertiary/aromatic N) is 3. The zero-order chi connectivity index (χ0) is 15.7. The van der Waals surface area contributed by atoms with Crippen LogP contribution in [0.3, 0.4) is 0 Å². The number of sulfonamides is 1. The minimum absolute atomic E-state index is 0.0404. The lowest BCUT2D eigenvalue weighted by Crippen LogP contribution is -2.40. The van der Waals surface area contributed by atoms with Crippen molar-refractivity contribution in [3.63, 3.8) is 0 Å². The van der Waals surface area contributed by atoms with E-state index in [1.54, 1.807) is 7.05 Å². The summed E-state index contributed by atoms with van der Waals surface area (Å²) >= 11 is 0. The zero-order valence-electron chi connectivity index (χ0n) is 12.7. The van der Waals surface area contributed by atoms with E-state index in [9.17, 15) is 8.42 Å². The molecule has 114 valence electrons. The topological polar surface area (TPSA) is 74.1 Å². The van der Waals surface area contributed by atoms with Gasteiger partial charge < -0.3 is 0 Å². The maximum Gasteiger partial charge on any atom is 0.244 e. The van der Waals surface area contributed by atoms with Gasteiger partial charge in [-0.25, -0.2) is 13.4 Å². The molecule has 1 aliphatic carbocycles. The minimum Gasteiger partial charge on any atom is -0.244 e. The SMILES string of the molecule is CN(C1CCC(C)(C)CC1)S(=O)(=O)c1ccc(C#N)nc1. The molecule has 5 nitrogen and oxygen atoms in total. The maximum absolute atomic E-state index is 12.6. The van der Waals surface area contributed by atoms with E-state index in [1.165, 1.54) is 22.6 Å². The van der Waals surface area contributed by atoms with Crippen LogP contribution in [-0.4, -0.2) is 30.8 Å². The van der Waals surface area contributed by atoms with Crippen molar-refractivity contribution in [1.29, 1.82) is 5.26 Å². The molecule has 1 aromatic rings. The molecule has 0 unspecified atom stereocenters. The van der Waals surface area contributed by atoms with E-state index in [-0.39, 0.29) is 16.6 Å². The molecule has 0 N–H and O–H groups in total. The first kappa shape index (κ1) is 15.9. The molecular weight excluding hydrogens is 286 g/mol. The molecular formula is C15H21N3O2S. The molecule has 0 aliphatic heterocycles. The van der Waals surface area contributed by atoms with Crippen molar-refractivity contribution in [3.05, 3.63) is 24.0 Å². The van der Waals surface area contributed by atoms with Crippen molar-refractivity contribution in [3.8, 4) is 6.07 Å². The Balaban J connectivity index is 2.17. The summed E-state index contributed by atoms with van der Waals surface area (Å²) in [7, 11) is -1.90. The summed E-state index contributed by atoms with van der Waals surface area (Å²) in [5, 5.41) is 8.72. The third-order valence-electron chi connectivity index (χ3n) is 4.35. The number of pyridine rings is 1. The molecule has 1 aliphatic rings. The third kappa shape index (κ3) is 3.42. The van der Waals surface area contributed by atoms with Crippen LogP contribution < -0.4 is 0 Å². The molecule has 6 heteroatoms. The summed E-state index contributed by atoms with van der Waals surface area (Å²) < 4.78 is 26.7. The molecule has 0 spiro atoms. The average molecular weight is 307 g/mol. The average Bonchev–Trinajstić information content (AvgIpc) is 2.46. The Morgan fingerprint density at radius 3 is 2.43 bits per heavy atom. The lowest BCUT2D eigenvalue weighted by atomic mass is 9.76. The highest BCUT2D eigenvalue weighted by Gasteiger charge is 2.34. The Hall–Kier alpha value is -1.45. The lowest BCUT2D eigenvalue weighted by Gasteiger charge is -2.37. The molecule has 21 heavy (non-hydrogen) atoms. The normalized spacial score (nSPS) is 19.4. The van der Waals surface area contributed by atoms with Gasteiger partial charge in [0.05, 0.1) is 0 Å². The quantitative estimate of drug-likeness (QED) is 0.860. The molecule has 0 radical (unpaired) electrons. The first-order valence-electron chi connectivity index (χ1n) is 7.10. The Bertz CT molecular complexity index is 634. The largest absolute Gasteiger partial charge is 0.244 e. The number of hydrogen-bond acceptors (Lipinski definition) is 4. The summed E-state index contributed by atoms with van der Waals surface area (Å²) in [6.45, 7) is 4.45. The van der Waals surface area contributed by atoms with Crippen LogP contribution in [0.4, 0.5) is 0 Å². The van der Waals surface area contributed by atoms with Gasteiger partial charge in [-0.2, -0.15) is 9.57 Å². The van der Waals surface area contributed by atoms with E-state index in [0.717, 1.165) is 25.7 Å². The number of aromatic nitrogens is 1. The summed E-state index contributed by atoms with van der Waals surface area (Å²) in [4.78, 5) is 3.99. The number of rotatable bonds is 3. The van der Waals surface area contributed by atoms with Crippen LogP contribution in [-0.2, 0) is 10.0 Å². The third-order valence-corrected chi connectivity index (χ3v) is 6.24. The molecule has 1 aromatic heterocycles. The van der Waals surface area contributed by atoms with Crippen molar-refractivity contribution in [1.82, 2.24) is 9.29 Å². The van der Waals surface area contributed by atoms with Gasteiger partial charge in [0.15, 0.2) is 0 Å². The van der Waals surface area contributed by atoms with Crippen LogP contribution in [0.2, 0.25) is 0 Å². The zero-order valence-corrected chi connectivity index (χ0v) is 13.5. The summed E-state index contributed by atoms with van der Waals surface area (Å²) in [5.41, 5.74) is 0.521. The van der Waals surface area contributed by atoms with E-state index in [0.29, 0.717) is 5.41 Å². The van der Waals surface area contributed by atoms with E-state index >= 15 is 0 Å². The molecule has 0 amide bonds. The second-order valence-corrected chi connectivity index (χ2v) is 8.41. The summed E-state index contributed by atoms with van der Waals surface area (Å²) in [5.74, 6) is 0. The van der Waals surface area contributed by atoms with Crippen molar-refractivity contribution in [2.45, 2.75) is 50.5 Å². The van der Waals surface area contributed by atoms with Crippen molar-refractivity contribution in [2.75, 3.05) is 7.05 Å². The van der Waals surface area contributed by atoms with Gasteiger partial charge >= 0.3 is 0 Å². The first-order valence-corrected chi connectivity index (χ1v) is 8.54. The second-order valence-electron chi connectivity index (χ2n) is 6.41. The van der Waals surface area contributed by atoms with Crippen LogP contribution in [0, 0.1) is 16.7 Å². The lowest BCUT2D eigenvalue weighted by molar-refractivity contribution is 0.174. The molecule has 0 atom stereocenters. The van der Waals surface area contributed by atoms with Gasteiger partial charge in [0.25, 0.3) is 0 Å². The fourth-order valence-electron chi connectivity index (χ4n) is 2.71. The molecule has 2 rings (SSSR count). The van der Waals surface area contributed by atoms with Crippen LogP contribution in [0.1, 0.15) is 45.2 Å². The van der Waals surface area contributed by atoms with E-state index in [1.807, 2.05) is 6.07 Å². The van der Waals surface area contributed by atoms with Gasteiger partial charge in [-0.05, 0) is 43.2 Å². The first-order chi connectivity index (χ1) is 9.76. The van der Waals surface area contributed by atoms with Gasteiger partial charge in [0.1, 0.15) is 16.7 Å². The Labute approximate surface area is 126 Å². The van der Waals surface area contributed by atoms with Gasteiger partial charge in [-0.15, -0.1) is 0 Å². The fourth-order valence-corrected chi connectivity index (χ4v) is 4.07. The molecule has 1 saturated carbocycles. The standard InChI is InChI=1S/C15H21N3O2S/c1-15(2)8-6-13(7-9-15)18(3)21(19,20)14-5-4-12(10-16)17-11-14/h4-5,11,13H,6-9H2,1-3H3. The van der Waals surface area contributed by atoms with Crippen molar-refractivity contribution in [2.24, 2.45) is 5.41 Å². The minimum atomic E-state index is -3.54. The smallest absolute Gasteiger partial charge is 0.244 e. The molecule has 1 fully saturated rings. The van der Waals surface area contributed by atoms with Gasteiger partial charge in [0, 0.05) is 19.3 Å². The number of nitriles is 1. The summed E-state index contributed by atoms with van der Waals surface area (Å²) in [6, 6.07) is 4.81. The Kier molecular flexibility index (Phi) is 4.35. The predicted molar refractivity (Wildman–Crippen MR) is 79.9 cm³/mol. The molecule has 0 saturated heterocycles. The second kappa shape index (κ2) is 5.74. The number of hydrogen-bond donors (Lipinski definition) is 0. The molecule has 0 bridgehead atoms. The van der Waals surface area contributed by atoms with E-state index in [4.69, 9.17) is 5.26 Å². The summed E-state index contributed by atoms with van der Waals surface area (Å²) in [6.07, 6.45) is 5.09. The highest BCUT2D eigenvalue weighted by molar-refractivity contribution is 7.89. The maximum atomic E-state index is 12.6. The van der Waals surface area contributed by atoms with Gasteiger partial charge in [-0.3, -0.25) is 0 Å². The van der Waals surface area contributed by atoms with E-state index < -0.39 is 10.0 Å². The van der Waals surface area contributed by atoms with Gasteiger partial charge in [-0.1, -0.05) is 13.8 Å². The van der Waals surface area contributed by atoms with Crippen molar-refractivity contribution < 1.29 is 8.42 Å². The Morgan fingerprint density at radius 1 is 1.33 bits per heavy atom. The molecule has 1 heterocycles. The highest BCUT2D eigenvalue weighted by atomic mass is 32.2. The highest BCUT2D eigenvalue weighted by Crippen LogP contribution is 2.37. The van der Waals surface area contributed by atoms with Crippen LogP contribution >= 0.6 is 0 Å². The van der Waals surface area contributed by atoms with Crippen LogP contribution in [0.5, 0.6) is 0 Å². The van der Waals surface area contributed by atoms with Crippen LogP contribution in [0.15, 0.2) is 23.2 Å². The monoisotopic (exact) mass is 307 g/mol.